The van der Waals surface area contributed by atoms with E-state index in [-0.39, 0.29) is 18.6 Å². The van der Waals surface area contributed by atoms with Crippen molar-refractivity contribution in [1.29, 1.82) is 0 Å². The highest BCUT2D eigenvalue weighted by molar-refractivity contribution is 6.01. The predicted molar refractivity (Wildman–Crippen MR) is 242 cm³/mol. The van der Waals surface area contributed by atoms with Gasteiger partial charge in [-0.1, -0.05) is 27.7 Å². The SMILES string of the molecule is CC(=O)NC(C)(C)C(=O)NC(C)(C)C(=O)N[C@H](C(=O)NC(C)(C)C(=O)N[C@H](C(=O)NC(C)(C)C(=O)NC(C)(C)C(=O)N[C@@H](C)C(=O)NC(C)(C)C(=O)N1CCC[C@H]1CO)C(C)C)C(C)C. The summed E-state index contributed by atoms with van der Waals surface area (Å²) in [4.78, 5) is 134. The van der Waals surface area contributed by atoms with E-state index in [1.54, 1.807) is 27.7 Å². The summed E-state index contributed by atoms with van der Waals surface area (Å²) in [6.07, 6.45) is 1.37. The van der Waals surface area contributed by atoms with Crippen molar-refractivity contribution < 1.29 is 53.1 Å². The van der Waals surface area contributed by atoms with Crippen LogP contribution in [0.15, 0.2) is 0 Å². The first kappa shape index (κ1) is 57.7. The van der Waals surface area contributed by atoms with E-state index in [2.05, 4.69) is 47.9 Å². The first-order valence-corrected chi connectivity index (χ1v) is 22.0. The van der Waals surface area contributed by atoms with E-state index in [1.165, 1.54) is 102 Å². The zero-order valence-electron chi connectivity index (χ0n) is 41.8. The second-order valence-corrected chi connectivity index (χ2v) is 20.9. The van der Waals surface area contributed by atoms with E-state index in [4.69, 9.17) is 0 Å². The molecule has 0 unspecified atom stereocenters. The topological polar surface area (TPSA) is 302 Å². The molecular formula is C44H78N10O11. The molecule has 10 amide bonds. The molecule has 1 fully saturated rings. The maximum absolute atomic E-state index is 13.7. The van der Waals surface area contributed by atoms with E-state index in [1.807, 2.05) is 0 Å². The number of aliphatic hydroxyl groups is 1. The molecule has 0 aromatic carbocycles. The zero-order chi connectivity index (χ0) is 51.0. The van der Waals surface area contributed by atoms with Crippen LogP contribution in [0.3, 0.4) is 0 Å². The molecule has 0 spiro atoms. The molecule has 0 radical (unpaired) electrons. The lowest BCUT2D eigenvalue weighted by atomic mass is 9.95. The van der Waals surface area contributed by atoms with Crippen molar-refractivity contribution in [2.45, 2.75) is 195 Å². The minimum Gasteiger partial charge on any atom is -0.394 e. The van der Waals surface area contributed by atoms with Gasteiger partial charge < -0.3 is 57.9 Å². The number of nitrogens with zero attached hydrogens (tertiary/aromatic N) is 1. The monoisotopic (exact) mass is 923 g/mol. The van der Waals surface area contributed by atoms with Crippen LogP contribution in [0.25, 0.3) is 0 Å². The molecule has 0 saturated carbocycles. The van der Waals surface area contributed by atoms with Gasteiger partial charge in [0.1, 0.15) is 51.4 Å². The zero-order valence-corrected chi connectivity index (χ0v) is 41.8. The van der Waals surface area contributed by atoms with Crippen LogP contribution < -0.4 is 47.9 Å². The molecule has 1 heterocycles. The van der Waals surface area contributed by atoms with Crippen LogP contribution in [0.2, 0.25) is 0 Å². The number of aliphatic hydroxyl groups excluding tert-OH is 1. The molecule has 10 N–H and O–H groups in total. The van der Waals surface area contributed by atoms with Gasteiger partial charge in [0.2, 0.25) is 59.1 Å². The lowest BCUT2D eigenvalue weighted by Crippen LogP contribution is -2.67. The number of rotatable bonds is 21. The van der Waals surface area contributed by atoms with Crippen LogP contribution in [0, 0.1) is 11.8 Å². The summed E-state index contributed by atoms with van der Waals surface area (Å²) in [6, 6.07) is -3.87. The molecule has 1 rings (SSSR count). The molecule has 1 aliphatic heterocycles. The van der Waals surface area contributed by atoms with Crippen molar-refractivity contribution in [3.05, 3.63) is 0 Å². The van der Waals surface area contributed by atoms with Gasteiger partial charge in [-0.25, -0.2) is 0 Å². The molecular weight excluding hydrogens is 845 g/mol. The molecule has 1 saturated heterocycles. The standard InChI is InChI=1S/C44H78N10O11/c1-23(2)28(47-35(62)41(11,12)52-36(63)42(13,14)48-26(6)56)31(58)50-39(7,8)34(61)46-29(24(3)4)32(59)51-43(15,16)37(64)53-40(9,10)33(60)45-25(5)30(57)49-44(17,18)38(65)54-21-19-20-27(54)22-55/h23-25,27-29,55H,19-22H2,1-18H3,(H,45,60)(H,46,61)(H,47,62)(H,48,56)(H,49,57)(H,50,58)(H,51,59)(H,52,63)(H,53,64)/t25-,27-,28-,29-/m0/s1. The van der Waals surface area contributed by atoms with Gasteiger partial charge in [0, 0.05) is 13.5 Å². The van der Waals surface area contributed by atoms with Crippen molar-refractivity contribution in [3.63, 3.8) is 0 Å². The Morgan fingerprint density at radius 3 is 1.20 bits per heavy atom. The lowest BCUT2D eigenvalue weighted by Gasteiger charge is -2.36. The third kappa shape index (κ3) is 15.9. The van der Waals surface area contributed by atoms with Gasteiger partial charge in [-0.2, -0.15) is 0 Å². The van der Waals surface area contributed by atoms with Crippen molar-refractivity contribution in [2.75, 3.05) is 13.2 Å². The van der Waals surface area contributed by atoms with Crippen molar-refractivity contribution in [3.8, 4) is 0 Å². The third-order valence-corrected chi connectivity index (χ3v) is 11.1. The van der Waals surface area contributed by atoms with E-state index in [9.17, 15) is 53.1 Å². The van der Waals surface area contributed by atoms with Gasteiger partial charge in [-0.15, -0.1) is 0 Å². The highest BCUT2D eigenvalue weighted by Crippen LogP contribution is 2.22. The number of carbonyl (C=O) groups excluding carboxylic acids is 10. The quantitative estimate of drug-likeness (QED) is 0.0676. The molecule has 1 aliphatic rings. The number of carbonyl (C=O) groups is 10. The Hall–Kier alpha value is -5.34. The predicted octanol–water partition coefficient (Wildman–Crippen LogP) is -0.855. The van der Waals surface area contributed by atoms with Gasteiger partial charge in [-0.3, -0.25) is 47.9 Å². The molecule has 21 heteroatoms. The summed E-state index contributed by atoms with van der Waals surface area (Å²) < 4.78 is 0. The van der Waals surface area contributed by atoms with Crippen LogP contribution in [0.5, 0.6) is 0 Å². The molecule has 4 atom stereocenters. The van der Waals surface area contributed by atoms with Gasteiger partial charge in [0.05, 0.1) is 12.6 Å². The number of amides is 10. The van der Waals surface area contributed by atoms with Crippen LogP contribution in [0.4, 0.5) is 0 Å². The lowest BCUT2D eigenvalue weighted by molar-refractivity contribution is -0.142. The smallest absolute Gasteiger partial charge is 0.248 e. The first-order chi connectivity index (χ1) is 29.3. The van der Waals surface area contributed by atoms with E-state index >= 15 is 0 Å². The van der Waals surface area contributed by atoms with Gasteiger partial charge in [0.25, 0.3) is 0 Å². The minimum atomic E-state index is -1.65. The highest BCUT2D eigenvalue weighted by atomic mass is 16.3. The summed E-state index contributed by atoms with van der Waals surface area (Å²) in [5.41, 5.74) is -9.13. The number of nitrogens with one attached hydrogen (secondary N) is 9. The Labute approximate surface area is 384 Å². The maximum Gasteiger partial charge on any atom is 0.248 e. The van der Waals surface area contributed by atoms with Crippen molar-refractivity contribution >= 4 is 59.1 Å². The number of likely N-dealkylation sites (tertiary alicyclic amines) is 1. The minimum absolute atomic E-state index is 0.197. The Bertz CT molecular complexity index is 1840. The average Bonchev–Trinajstić information content (AvgIpc) is 3.62. The Morgan fingerprint density at radius 1 is 0.492 bits per heavy atom. The largest absolute Gasteiger partial charge is 0.394 e. The maximum atomic E-state index is 13.7. The Balaban J connectivity index is 3.01. The number of hydrogen-bond acceptors (Lipinski definition) is 11. The normalized spacial score (nSPS) is 16.3. The Kier molecular flexibility index (Phi) is 19.3. The third-order valence-electron chi connectivity index (χ3n) is 11.1. The fourth-order valence-corrected chi connectivity index (χ4v) is 6.65. The summed E-state index contributed by atoms with van der Waals surface area (Å²) in [6.45, 7) is 26.8. The van der Waals surface area contributed by atoms with Crippen molar-refractivity contribution in [1.82, 2.24) is 52.8 Å². The van der Waals surface area contributed by atoms with Crippen LogP contribution >= 0.6 is 0 Å². The summed E-state index contributed by atoms with van der Waals surface area (Å²) >= 11 is 0. The van der Waals surface area contributed by atoms with Gasteiger partial charge >= 0.3 is 0 Å². The molecule has 0 aromatic heterocycles. The van der Waals surface area contributed by atoms with Crippen LogP contribution in [-0.2, 0) is 47.9 Å². The van der Waals surface area contributed by atoms with Gasteiger partial charge in [0.15, 0.2) is 0 Å². The second kappa shape index (κ2) is 21.8. The molecule has 370 valence electrons. The summed E-state index contributed by atoms with van der Waals surface area (Å²) in [5.74, 6) is -7.61. The fourth-order valence-electron chi connectivity index (χ4n) is 6.65. The average molecular weight is 923 g/mol. The van der Waals surface area contributed by atoms with E-state index in [0.29, 0.717) is 13.0 Å². The molecule has 65 heavy (non-hydrogen) atoms. The fraction of sp³-hybridized carbons (Fsp3) is 0.773. The molecule has 0 bridgehead atoms. The highest BCUT2D eigenvalue weighted by Gasteiger charge is 2.44. The molecule has 0 aliphatic carbocycles. The Morgan fingerprint density at radius 2 is 0.831 bits per heavy atom. The summed E-state index contributed by atoms with van der Waals surface area (Å²) in [7, 11) is 0. The van der Waals surface area contributed by atoms with Crippen LogP contribution in [-0.4, -0.2) is 140 Å². The van der Waals surface area contributed by atoms with Gasteiger partial charge in [-0.05, 0) is 115 Å². The molecule has 21 nitrogen and oxygen atoms in total. The second-order valence-electron chi connectivity index (χ2n) is 20.9. The van der Waals surface area contributed by atoms with E-state index in [0.717, 1.165) is 6.42 Å². The number of hydrogen-bond donors (Lipinski definition) is 10. The summed E-state index contributed by atoms with van der Waals surface area (Å²) in [5, 5.41) is 33.1. The first-order valence-electron chi connectivity index (χ1n) is 22.0. The van der Waals surface area contributed by atoms with Crippen LogP contribution in [0.1, 0.15) is 137 Å². The van der Waals surface area contributed by atoms with E-state index < -0.39 is 116 Å². The molecule has 0 aromatic rings. The van der Waals surface area contributed by atoms with Crippen molar-refractivity contribution in [2.24, 2.45) is 11.8 Å².